The van der Waals surface area contributed by atoms with E-state index in [1.807, 2.05) is 19.1 Å². The normalized spacial score (nSPS) is 16.7. The Morgan fingerprint density at radius 3 is 2.49 bits per heavy atom. The van der Waals surface area contributed by atoms with Gasteiger partial charge in [-0.2, -0.15) is 10.9 Å². The zero-order chi connectivity index (χ0) is 25.5. The van der Waals surface area contributed by atoms with E-state index in [2.05, 4.69) is 46.8 Å². The molecule has 5 nitrogen and oxygen atoms in total. The number of aliphatic imine (C=N–C) groups is 1. The second-order valence-electron chi connectivity index (χ2n) is 9.82. The Morgan fingerprint density at radius 2 is 1.86 bits per heavy atom. The highest BCUT2D eigenvalue weighted by molar-refractivity contribution is 8.30. The van der Waals surface area contributed by atoms with Crippen LogP contribution in [0.5, 0.6) is 0 Å². The molecular formula is C29H43N3O2S. The molecule has 0 spiro atoms. The quantitative estimate of drug-likeness (QED) is 0.199. The Bertz CT molecular complexity index is 1060. The molecule has 0 aliphatic carbocycles. The lowest BCUT2D eigenvalue weighted by Crippen LogP contribution is -2.18. The SMILES string of the molecule is CCCCCC1=NCC[SH]1c1c(C(C)C)nc(C(C)C)c(C(=O)OCC)c1-c1cccc(CN)c1. The van der Waals surface area contributed by atoms with Crippen molar-refractivity contribution in [1.29, 1.82) is 0 Å². The second-order valence-corrected chi connectivity index (χ2v) is 12.1. The van der Waals surface area contributed by atoms with Crippen molar-refractivity contribution >= 4 is 21.9 Å². The molecule has 6 heteroatoms. The van der Waals surface area contributed by atoms with Gasteiger partial charge in [0.15, 0.2) is 0 Å². The second kappa shape index (κ2) is 12.7. The Labute approximate surface area is 214 Å². The van der Waals surface area contributed by atoms with E-state index >= 15 is 0 Å². The third kappa shape index (κ3) is 6.15. The number of benzene rings is 1. The zero-order valence-corrected chi connectivity index (χ0v) is 23.3. The van der Waals surface area contributed by atoms with Crippen molar-refractivity contribution in [3.05, 3.63) is 46.8 Å². The van der Waals surface area contributed by atoms with Gasteiger partial charge in [0.25, 0.3) is 0 Å². The van der Waals surface area contributed by atoms with Crippen molar-refractivity contribution in [1.82, 2.24) is 4.98 Å². The first-order valence-electron chi connectivity index (χ1n) is 13.2. The molecule has 192 valence electrons. The van der Waals surface area contributed by atoms with Crippen LogP contribution in [0.15, 0.2) is 34.2 Å². The molecule has 2 heterocycles. The van der Waals surface area contributed by atoms with E-state index < -0.39 is 10.9 Å². The number of unbranched alkanes of at least 4 members (excludes halogenated alkanes) is 2. The van der Waals surface area contributed by atoms with Gasteiger partial charge in [-0.3, -0.25) is 9.98 Å². The molecule has 0 radical (unpaired) electrons. The van der Waals surface area contributed by atoms with Crippen LogP contribution in [0.4, 0.5) is 0 Å². The Hall–Kier alpha value is -2.18. The summed E-state index contributed by atoms with van der Waals surface area (Å²) in [6.07, 6.45) is 4.59. The van der Waals surface area contributed by atoms with Crippen molar-refractivity contribution in [2.75, 3.05) is 18.9 Å². The molecule has 2 N–H and O–H groups in total. The highest BCUT2D eigenvalue weighted by Gasteiger charge is 2.33. The average Bonchev–Trinajstić information content (AvgIpc) is 3.31. The number of nitrogens with zero attached hydrogens (tertiary/aromatic N) is 2. The summed E-state index contributed by atoms with van der Waals surface area (Å²) in [6.45, 7) is 14.4. The fourth-order valence-electron chi connectivity index (χ4n) is 4.73. The molecule has 1 aromatic heterocycles. The summed E-state index contributed by atoms with van der Waals surface area (Å²) in [5.74, 6) is 1.05. The predicted molar refractivity (Wildman–Crippen MR) is 150 cm³/mol. The zero-order valence-electron chi connectivity index (χ0n) is 22.4. The summed E-state index contributed by atoms with van der Waals surface area (Å²) in [6, 6.07) is 8.32. The van der Waals surface area contributed by atoms with Crippen molar-refractivity contribution in [3.63, 3.8) is 0 Å². The first kappa shape index (κ1) is 27.4. The van der Waals surface area contributed by atoms with Gasteiger partial charge in [-0.15, -0.1) is 0 Å². The maximum absolute atomic E-state index is 13.5. The summed E-state index contributed by atoms with van der Waals surface area (Å²) < 4.78 is 5.64. The van der Waals surface area contributed by atoms with Gasteiger partial charge < -0.3 is 10.5 Å². The number of hydrogen-bond acceptors (Lipinski definition) is 5. The van der Waals surface area contributed by atoms with E-state index in [1.165, 1.54) is 22.8 Å². The van der Waals surface area contributed by atoms with Gasteiger partial charge in [-0.05, 0) is 48.8 Å². The number of nitrogens with two attached hydrogens (primary N) is 1. The lowest BCUT2D eigenvalue weighted by atomic mass is 9.91. The molecule has 1 aliphatic rings. The maximum Gasteiger partial charge on any atom is 0.340 e. The van der Waals surface area contributed by atoms with Crippen molar-refractivity contribution in [2.24, 2.45) is 10.7 Å². The monoisotopic (exact) mass is 497 g/mol. The number of ether oxygens (including phenoxy) is 1. The fraction of sp³-hybridized carbons (Fsp3) is 0.552. The lowest BCUT2D eigenvalue weighted by Gasteiger charge is -2.29. The minimum atomic E-state index is -0.665. The van der Waals surface area contributed by atoms with Crippen molar-refractivity contribution in [3.8, 4) is 11.1 Å². The fourth-order valence-corrected chi connectivity index (χ4v) is 7.57. The molecule has 3 rings (SSSR count). The van der Waals surface area contributed by atoms with Crippen LogP contribution in [0.3, 0.4) is 0 Å². The molecule has 0 amide bonds. The van der Waals surface area contributed by atoms with Crippen LogP contribution < -0.4 is 5.73 Å². The van der Waals surface area contributed by atoms with E-state index in [-0.39, 0.29) is 17.8 Å². The standard InChI is InChI=1S/C29H43N3O2S/c1-7-9-10-14-23-31-15-16-35(23)28-24(22-13-11-12-21(17-22)18-30)25(29(33)34-8-2)26(19(3)4)32-27(28)20(5)6/h11-13,17,19-20,35H,7-10,14-16,18,30H2,1-6H3. The number of pyridine rings is 1. The summed E-state index contributed by atoms with van der Waals surface area (Å²) in [4.78, 5) is 25.0. The molecule has 1 aromatic carbocycles. The largest absolute Gasteiger partial charge is 0.462 e. The summed E-state index contributed by atoms with van der Waals surface area (Å²) >= 11 is 0. The van der Waals surface area contributed by atoms with Gasteiger partial charge >= 0.3 is 5.97 Å². The Balaban J connectivity index is 2.38. The molecule has 2 aromatic rings. The van der Waals surface area contributed by atoms with Gasteiger partial charge in [0.2, 0.25) is 0 Å². The topological polar surface area (TPSA) is 77.6 Å². The van der Waals surface area contributed by atoms with Crippen LogP contribution in [-0.2, 0) is 11.3 Å². The maximum atomic E-state index is 13.5. The van der Waals surface area contributed by atoms with E-state index in [9.17, 15) is 4.79 Å². The average molecular weight is 498 g/mol. The molecule has 1 atom stereocenters. The first-order chi connectivity index (χ1) is 16.8. The van der Waals surface area contributed by atoms with Crippen molar-refractivity contribution in [2.45, 2.75) is 90.5 Å². The molecule has 1 aliphatic heterocycles. The Kier molecular flexibility index (Phi) is 9.93. The third-order valence-corrected chi connectivity index (χ3v) is 9.08. The lowest BCUT2D eigenvalue weighted by molar-refractivity contribution is 0.0524. The number of hydrogen-bond donors (Lipinski definition) is 2. The van der Waals surface area contributed by atoms with Gasteiger partial charge in [0.1, 0.15) is 0 Å². The molecule has 35 heavy (non-hydrogen) atoms. The van der Waals surface area contributed by atoms with Crippen LogP contribution in [0.25, 0.3) is 11.1 Å². The van der Waals surface area contributed by atoms with Crippen LogP contribution >= 0.6 is 10.9 Å². The number of esters is 1. The van der Waals surface area contributed by atoms with Gasteiger partial charge in [0.05, 0.1) is 28.6 Å². The van der Waals surface area contributed by atoms with Gasteiger partial charge in [-0.1, -0.05) is 65.7 Å². The van der Waals surface area contributed by atoms with Gasteiger partial charge in [-0.25, -0.2) is 4.79 Å². The number of thiol groups is 1. The molecule has 0 saturated heterocycles. The highest BCUT2D eigenvalue weighted by Crippen LogP contribution is 2.52. The summed E-state index contributed by atoms with van der Waals surface area (Å²) in [5, 5.41) is 1.32. The highest BCUT2D eigenvalue weighted by atomic mass is 32.2. The smallest absolute Gasteiger partial charge is 0.340 e. The molecule has 1 unspecified atom stereocenters. The summed E-state index contributed by atoms with van der Waals surface area (Å²) in [7, 11) is -0.665. The van der Waals surface area contributed by atoms with Gasteiger partial charge in [0, 0.05) is 29.3 Å². The minimum Gasteiger partial charge on any atom is -0.462 e. The summed E-state index contributed by atoms with van der Waals surface area (Å²) in [5.41, 5.74) is 11.7. The molecule has 0 saturated carbocycles. The Morgan fingerprint density at radius 1 is 1.11 bits per heavy atom. The third-order valence-electron chi connectivity index (χ3n) is 6.45. The van der Waals surface area contributed by atoms with Crippen LogP contribution in [0.1, 0.15) is 106 Å². The first-order valence-corrected chi connectivity index (χ1v) is 14.7. The van der Waals surface area contributed by atoms with E-state index in [0.29, 0.717) is 18.7 Å². The van der Waals surface area contributed by atoms with E-state index in [1.54, 1.807) is 0 Å². The van der Waals surface area contributed by atoms with Crippen LogP contribution in [0, 0.1) is 0 Å². The minimum absolute atomic E-state index is 0.0893. The molecule has 0 bridgehead atoms. The van der Waals surface area contributed by atoms with Crippen molar-refractivity contribution < 1.29 is 9.53 Å². The molecule has 0 fully saturated rings. The molecular weight excluding hydrogens is 454 g/mol. The van der Waals surface area contributed by atoms with E-state index in [0.717, 1.165) is 53.2 Å². The van der Waals surface area contributed by atoms with Crippen LogP contribution in [-0.4, -0.2) is 34.9 Å². The number of carbonyl (C=O) groups is 1. The predicted octanol–water partition coefficient (Wildman–Crippen LogP) is 6.98. The number of carbonyl (C=O) groups excluding carboxylic acids is 1. The van der Waals surface area contributed by atoms with Crippen LogP contribution in [0.2, 0.25) is 0 Å². The number of rotatable bonds is 11. The number of aromatic nitrogens is 1. The van der Waals surface area contributed by atoms with E-state index in [4.69, 9.17) is 20.4 Å².